The standard InChI is InChI=1S/C13H15BrN2O/c14-9-4-5-12-10(7-9)11(8-15-12)13-3-1-2-6-16(13)17/h4-5,7-8,13,15,17H,1-3,6H2. The second-order valence-electron chi connectivity index (χ2n) is 4.61. The van der Waals surface area contributed by atoms with E-state index < -0.39 is 0 Å². The molecule has 2 aromatic rings. The molecule has 1 saturated heterocycles. The highest BCUT2D eigenvalue weighted by Crippen LogP contribution is 2.34. The van der Waals surface area contributed by atoms with E-state index in [1.165, 1.54) is 22.4 Å². The largest absolute Gasteiger partial charge is 0.361 e. The number of nitrogens with one attached hydrogen (secondary N) is 1. The lowest BCUT2D eigenvalue weighted by Crippen LogP contribution is -2.30. The summed E-state index contributed by atoms with van der Waals surface area (Å²) in [5.41, 5.74) is 2.32. The lowest BCUT2D eigenvalue weighted by molar-refractivity contribution is -0.143. The van der Waals surface area contributed by atoms with E-state index >= 15 is 0 Å². The number of nitrogens with zero attached hydrogens (tertiary/aromatic N) is 1. The Morgan fingerprint density at radius 3 is 3.06 bits per heavy atom. The summed E-state index contributed by atoms with van der Waals surface area (Å²) < 4.78 is 1.08. The third-order valence-electron chi connectivity index (χ3n) is 3.51. The molecule has 1 unspecified atom stereocenters. The molecule has 0 bridgehead atoms. The zero-order valence-electron chi connectivity index (χ0n) is 9.49. The minimum absolute atomic E-state index is 0.131. The molecule has 0 radical (unpaired) electrons. The molecule has 2 heterocycles. The van der Waals surface area contributed by atoms with E-state index in [-0.39, 0.29) is 6.04 Å². The van der Waals surface area contributed by atoms with Crippen LogP contribution in [0.4, 0.5) is 0 Å². The molecule has 1 aliphatic rings. The van der Waals surface area contributed by atoms with E-state index in [1.807, 2.05) is 12.3 Å². The summed E-state index contributed by atoms with van der Waals surface area (Å²) >= 11 is 3.50. The Balaban J connectivity index is 2.07. The number of aromatic amines is 1. The molecular weight excluding hydrogens is 280 g/mol. The fraction of sp³-hybridized carbons (Fsp3) is 0.385. The Bertz CT molecular complexity index is 537. The maximum atomic E-state index is 9.98. The molecule has 1 fully saturated rings. The highest BCUT2D eigenvalue weighted by molar-refractivity contribution is 9.10. The molecule has 0 saturated carbocycles. The molecule has 2 N–H and O–H groups in total. The molecule has 0 spiro atoms. The molecule has 3 nitrogen and oxygen atoms in total. The van der Waals surface area contributed by atoms with Crippen molar-refractivity contribution in [1.29, 1.82) is 0 Å². The number of halogens is 1. The lowest BCUT2D eigenvalue weighted by Gasteiger charge is -2.30. The number of hydrogen-bond donors (Lipinski definition) is 2. The van der Waals surface area contributed by atoms with Gasteiger partial charge >= 0.3 is 0 Å². The second-order valence-corrected chi connectivity index (χ2v) is 5.52. The SMILES string of the molecule is ON1CCCCC1c1c[nH]c2ccc(Br)cc12. The van der Waals surface area contributed by atoms with Crippen LogP contribution in [0.2, 0.25) is 0 Å². The van der Waals surface area contributed by atoms with Gasteiger partial charge in [-0.25, -0.2) is 0 Å². The van der Waals surface area contributed by atoms with Crippen molar-refractivity contribution in [2.45, 2.75) is 25.3 Å². The average molecular weight is 295 g/mol. The van der Waals surface area contributed by atoms with Gasteiger partial charge in [-0.1, -0.05) is 22.4 Å². The lowest BCUT2D eigenvalue weighted by atomic mass is 9.97. The normalized spacial score (nSPS) is 22.1. The van der Waals surface area contributed by atoms with Crippen molar-refractivity contribution in [2.24, 2.45) is 0 Å². The smallest absolute Gasteiger partial charge is 0.0620 e. The molecule has 1 atom stereocenters. The predicted molar refractivity (Wildman–Crippen MR) is 71.1 cm³/mol. The van der Waals surface area contributed by atoms with Crippen molar-refractivity contribution in [1.82, 2.24) is 10.0 Å². The van der Waals surface area contributed by atoms with Gasteiger partial charge in [-0.3, -0.25) is 0 Å². The van der Waals surface area contributed by atoms with E-state index in [1.54, 1.807) is 0 Å². The Labute approximate surface area is 109 Å². The first-order chi connectivity index (χ1) is 8.25. The van der Waals surface area contributed by atoms with Crippen LogP contribution < -0.4 is 0 Å². The fourth-order valence-corrected chi connectivity index (χ4v) is 2.98. The maximum Gasteiger partial charge on any atom is 0.0620 e. The first-order valence-electron chi connectivity index (χ1n) is 5.98. The number of hydrogen-bond acceptors (Lipinski definition) is 2. The second kappa shape index (κ2) is 4.44. The van der Waals surface area contributed by atoms with Crippen LogP contribution in [-0.4, -0.2) is 21.8 Å². The minimum atomic E-state index is 0.131. The van der Waals surface area contributed by atoms with Gasteiger partial charge in [0.2, 0.25) is 0 Å². The molecular formula is C13H15BrN2O. The number of benzene rings is 1. The van der Waals surface area contributed by atoms with Gasteiger partial charge in [-0.05, 0) is 36.6 Å². The highest BCUT2D eigenvalue weighted by atomic mass is 79.9. The summed E-state index contributed by atoms with van der Waals surface area (Å²) in [6.07, 6.45) is 5.31. The van der Waals surface area contributed by atoms with Gasteiger partial charge in [0.15, 0.2) is 0 Å². The summed E-state index contributed by atoms with van der Waals surface area (Å²) in [5, 5.41) is 12.7. The van der Waals surface area contributed by atoms with Gasteiger partial charge in [0.05, 0.1) is 6.04 Å². The molecule has 3 rings (SSSR count). The van der Waals surface area contributed by atoms with E-state index in [4.69, 9.17) is 0 Å². The van der Waals surface area contributed by atoms with E-state index in [0.717, 1.165) is 29.4 Å². The summed E-state index contributed by atoms with van der Waals surface area (Å²) in [6, 6.07) is 6.34. The summed E-state index contributed by atoms with van der Waals surface area (Å²) in [7, 11) is 0. The highest BCUT2D eigenvalue weighted by Gasteiger charge is 2.24. The number of fused-ring (bicyclic) bond motifs is 1. The molecule has 17 heavy (non-hydrogen) atoms. The first-order valence-corrected chi connectivity index (χ1v) is 6.77. The number of piperidine rings is 1. The average Bonchev–Trinajstić information content (AvgIpc) is 2.72. The number of H-pyrrole nitrogens is 1. The van der Waals surface area contributed by atoms with Crippen molar-refractivity contribution < 1.29 is 5.21 Å². The maximum absolute atomic E-state index is 9.98. The van der Waals surface area contributed by atoms with Crippen LogP contribution >= 0.6 is 15.9 Å². The summed E-state index contributed by atoms with van der Waals surface area (Å²) in [6.45, 7) is 0.769. The zero-order valence-corrected chi connectivity index (χ0v) is 11.1. The van der Waals surface area contributed by atoms with Crippen molar-refractivity contribution >= 4 is 26.8 Å². The van der Waals surface area contributed by atoms with Crippen molar-refractivity contribution in [3.8, 4) is 0 Å². The Kier molecular flexibility index (Phi) is 2.94. The third-order valence-corrected chi connectivity index (χ3v) is 4.00. The Hall–Kier alpha value is -0.840. The molecule has 1 aromatic heterocycles. The molecule has 1 aromatic carbocycles. The van der Waals surface area contributed by atoms with Gasteiger partial charge in [0.25, 0.3) is 0 Å². The third kappa shape index (κ3) is 2.01. The van der Waals surface area contributed by atoms with Gasteiger partial charge in [0, 0.05) is 28.1 Å². The summed E-state index contributed by atoms with van der Waals surface area (Å²) in [5.74, 6) is 0. The van der Waals surface area contributed by atoms with E-state index in [2.05, 4.69) is 33.0 Å². The van der Waals surface area contributed by atoms with E-state index in [0.29, 0.717) is 0 Å². The van der Waals surface area contributed by atoms with Gasteiger partial charge < -0.3 is 10.2 Å². The topological polar surface area (TPSA) is 39.3 Å². The molecule has 0 amide bonds. The van der Waals surface area contributed by atoms with Crippen LogP contribution in [0.25, 0.3) is 10.9 Å². The first kappa shape index (κ1) is 11.3. The number of rotatable bonds is 1. The van der Waals surface area contributed by atoms with Gasteiger partial charge in [-0.15, -0.1) is 0 Å². The predicted octanol–water partition coefficient (Wildman–Crippen LogP) is 3.85. The molecule has 90 valence electrons. The minimum Gasteiger partial charge on any atom is -0.361 e. The fourth-order valence-electron chi connectivity index (χ4n) is 2.62. The van der Waals surface area contributed by atoms with Crippen molar-refractivity contribution in [3.05, 3.63) is 34.4 Å². The Morgan fingerprint density at radius 1 is 1.35 bits per heavy atom. The number of aromatic nitrogens is 1. The van der Waals surface area contributed by atoms with Crippen LogP contribution in [0.1, 0.15) is 30.9 Å². The van der Waals surface area contributed by atoms with Crippen molar-refractivity contribution in [3.63, 3.8) is 0 Å². The van der Waals surface area contributed by atoms with Gasteiger partial charge in [0.1, 0.15) is 0 Å². The monoisotopic (exact) mass is 294 g/mol. The zero-order chi connectivity index (χ0) is 11.8. The molecule has 0 aliphatic carbocycles. The van der Waals surface area contributed by atoms with Crippen LogP contribution in [0.5, 0.6) is 0 Å². The summed E-state index contributed by atoms with van der Waals surface area (Å²) in [4.78, 5) is 3.27. The van der Waals surface area contributed by atoms with Crippen LogP contribution in [0.15, 0.2) is 28.9 Å². The molecule has 1 aliphatic heterocycles. The van der Waals surface area contributed by atoms with Crippen molar-refractivity contribution in [2.75, 3.05) is 6.54 Å². The molecule has 4 heteroatoms. The Morgan fingerprint density at radius 2 is 2.24 bits per heavy atom. The van der Waals surface area contributed by atoms with Crippen LogP contribution in [0, 0.1) is 0 Å². The van der Waals surface area contributed by atoms with Crippen LogP contribution in [0.3, 0.4) is 0 Å². The quantitative estimate of drug-likeness (QED) is 0.839. The van der Waals surface area contributed by atoms with Gasteiger partial charge in [-0.2, -0.15) is 5.06 Å². The van der Waals surface area contributed by atoms with Crippen LogP contribution in [-0.2, 0) is 0 Å². The number of hydroxylamine groups is 2. The van der Waals surface area contributed by atoms with E-state index in [9.17, 15) is 5.21 Å².